The van der Waals surface area contributed by atoms with Crippen LogP contribution >= 0.6 is 0 Å². The Bertz CT molecular complexity index is 210. The Morgan fingerprint density at radius 3 is 2.71 bits per heavy atom. The Morgan fingerprint density at radius 1 is 1.35 bits per heavy atom. The number of nitrogens with two attached hydrogens (primary N) is 1. The van der Waals surface area contributed by atoms with Gasteiger partial charge in [0.05, 0.1) is 0 Å². The van der Waals surface area contributed by atoms with E-state index in [1.165, 1.54) is 32.1 Å². The van der Waals surface area contributed by atoms with Crippen molar-refractivity contribution in [3.05, 3.63) is 0 Å². The summed E-state index contributed by atoms with van der Waals surface area (Å²) < 4.78 is 0. The van der Waals surface area contributed by atoms with Crippen molar-refractivity contribution in [2.45, 2.75) is 70.4 Å². The van der Waals surface area contributed by atoms with Crippen LogP contribution in [0.25, 0.3) is 0 Å². The number of nitrogens with one attached hydrogen (secondary N) is 1. The molecule has 0 aromatic rings. The summed E-state index contributed by atoms with van der Waals surface area (Å²) in [6.07, 6.45) is 8.51. The highest BCUT2D eigenvalue weighted by molar-refractivity contribution is 4.92. The van der Waals surface area contributed by atoms with E-state index in [0.29, 0.717) is 25.1 Å². The summed E-state index contributed by atoms with van der Waals surface area (Å²) in [7, 11) is 0. The lowest BCUT2D eigenvalue weighted by Crippen LogP contribution is -2.54. The van der Waals surface area contributed by atoms with Gasteiger partial charge in [-0.25, -0.2) is 0 Å². The minimum Gasteiger partial charge on any atom is -0.396 e. The first kappa shape index (κ1) is 14.9. The van der Waals surface area contributed by atoms with E-state index in [-0.39, 0.29) is 5.54 Å². The quantitative estimate of drug-likeness (QED) is 0.571. The predicted octanol–water partition coefficient (Wildman–Crippen LogP) is 2.03. The zero-order valence-electron chi connectivity index (χ0n) is 11.5. The van der Waals surface area contributed by atoms with Crippen LogP contribution in [0.5, 0.6) is 0 Å². The van der Waals surface area contributed by atoms with Gasteiger partial charge in [0.25, 0.3) is 0 Å². The van der Waals surface area contributed by atoms with Crippen molar-refractivity contribution in [1.29, 1.82) is 0 Å². The molecule has 0 bridgehead atoms. The van der Waals surface area contributed by atoms with Gasteiger partial charge in [-0.1, -0.05) is 32.6 Å². The third kappa shape index (κ3) is 4.57. The van der Waals surface area contributed by atoms with Crippen molar-refractivity contribution in [3.8, 4) is 0 Å². The zero-order valence-corrected chi connectivity index (χ0v) is 11.5. The summed E-state index contributed by atoms with van der Waals surface area (Å²) in [4.78, 5) is 0. The van der Waals surface area contributed by atoms with Gasteiger partial charge >= 0.3 is 0 Å². The van der Waals surface area contributed by atoms with Gasteiger partial charge in [-0.2, -0.15) is 0 Å². The Kier molecular flexibility index (Phi) is 6.45. The molecule has 0 radical (unpaired) electrons. The summed E-state index contributed by atoms with van der Waals surface area (Å²) in [5, 5.41) is 13.1. The molecular formula is C14H30N2O. The van der Waals surface area contributed by atoms with Crippen LogP contribution in [-0.2, 0) is 0 Å². The van der Waals surface area contributed by atoms with E-state index < -0.39 is 0 Å². The van der Waals surface area contributed by atoms with E-state index in [1.807, 2.05) is 0 Å². The van der Waals surface area contributed by atoms with Gasteiger partial charge in [0, 0.05) is 24.7 Å². The second kappa shape index (κ2) is 7.34. The highest BCUT2D eigenvalue weighted by atomic mass is 16.3. The molecule has 3 unspecified atom stereocenters. The van der Waals surface area contributed by atoms with Crippen LogP contribution in [0.2, 0.25) is 0 Å². The maximum atomic E-state index is 9.35. The average molecular weight is 242 g/mol. The lowest BCUT2D eigenvalue weighted by molar-refractivity contribution is 0.180. The van der Waals surface area contributed by atoms with Gasteiger partial charge in [-0.3, -0.25) is 0 Å². The van der Waals surface area contributed by atoms with Crippen molar-refractivity contribution in [2.24, 2.45) is 11.7 Å². The molecule has 0 aromatic carbocycles. The maximum Gasteiger partial charge on any atom is 0.0474 e. The Hall–Kier alpha value is -0.120. The van der Waals surface area contributed by atoms with Crippen molar-refractivity contribution in [2.75, 3.05) is 13.2 Å². The highest BCUT2D eigenvalue weighted by Gasteiger charge is 2.32. The van der Waals surface area contributed by atoms with Crippen LogP contribution in [0, 0.1) is 5.92 Å². The molecule has 3 heteroatoms. The van der Waals surface area contributed by atoms with Crippen LogP contribution in [0.1, 0.15) is 58.8 Å². The molecule has 0 heterocycles. The Morgan fingerprint density at radius 2 is 2.12 bits per heavy atom. The molecule has 1 saturated carbocycles. The molecule has 0 spiro atoms. The van der Waals surface area contributed by atoms with E-state index in [9.17, 15) is 5.11 Å². The van der Waals surface area contributed by atoms with Crippen molar-refractivity contribution in [1.82, 2.24) is 5.32 Å². The minimum absolute atomic E-state index is 0.0532. The van der Waals surface area contributed by atoms with Crippen LogP contribution in [0.3, 0.4) is 0 Å². The van der Waals surface area contributed by atoms with Crippen LogP contribution < -0.4 is 11.1 Å². The molecule has 3 nitrogen and oxygen atoms in total. The average Bonchev–Trinajstić information content (AvgIpc) is 2.76. The first-order valence-corrected chi connectivity index (χ1v) is 7.24. The Labute approximate surface area is 106 Å². The molecular weight excluding hydrogens is 212 g/mol. The topological polar surface area (TPSA) is 58.3 Å². The Balaban J connectivity index is 2.43. The van der Waals surface area contributed by atoms with E-state index in [0.717, 1.165) is 12.8 Å². The number of aliphatic hydroxyl groups excluding tert-OH is 1. The molecule has 0 amide bonds. The number of rotatable bonds is 8. The van der Waals surface area contributed by atoms with Crippen molar-refractivity contribution in [3.63, 3.8) is 0 Å². The number of unbranched alkanes of at least 4 members (excludes halogenated alkanes) is 2. The molecule has 17 heavy (non-hydrogen) atoms. The van der Waals surface area contributed by atoms with Crippen molar-refractivity contribution >= 4 is 0 Å². The van der Waals surface area contributed by atoms with Gasteiger partial charge in [0.1, 0.15) is 0 Å². The molecule has 0 aliphatic heterocycles. The largest absolute Gasteiger partial charge is 0.396 e. The molecule has 102 valence electrons. The fourth-order valence-corrected chi connectivity index (χ4v) is 2.89. The minimum atomic E-state index is 0.0532. The first-order chi connectivity index (χ1) is 8.15. The standard InChI is InChI=1S/C14H30N2O/c1-3-4-5-9-14(2,11-15)16-13-8-6-7-12(13)10-17/h12-13,16-17H,3-11,15H2,1-2H3. The summed E-state index contributed by atoms with van der Waals surface area (Å²) in [6.45, 7) is 5.46. The van der Waals surface area contributed by atoms with Gasteiger partial charge < -0.3 is 16.2 Å². The summed E-state index contributed by atoms with van der Waals surface area (Å²) in [5.74, 6) is 0.437. The van der Waals surface area contributed by atoms with E-state index in [2.05, 4.69) is 19.2 Å². The molecule has 1 rings (SSSR count). The molecule has 1 aliphatic rings. The number of hydrogen-bond acceptors (Lipinski definition) is 3. The first-order valence-electron chi connectivity index (χ1n) is 7.24. The fraction of sp³-hybridized carbons (Fsp3) is 1.00. The van der Waals surface area contributed by atoms with Crippen LogP contribution in [0.15, 0.2) is 0 Å². The molecule has 1 fully saturated rings. The van der Waals surface area contributed by atoms with Crippen LogP contribution in [0.4, 0.5) is 0 Å². The molecule has 1 aliphatic carbocycles. The number of aliphatic hydroxyl groups is 1. The highest BCUT2D eigenvalue weighted by Crippen LogP contribution is 2.28. The molecule has 3 atom stereocenters. The van der Waals surface area contributed by atoms with E-state index in [1.54, 1.807) is 0 Å². The second-order valence-corrected chi connectivity index (χ2v) is 5.85. The summed E-state index contributed by atoms with van der Waals surface area (Å²) >= 11 is 0. The van der Waals surface area contributed by atoms with E-state index in [4.69, 9.17) is 5.73 Å². The van der Waals surface area contributed by atoms with Gasteiger partial charge in [0.2, 0.25) is 0 Å². The second-order valence-electron chi connectivity index (χ2n) is 5.85. The van der Waals surface area contributed by atoms with Gasteiger partial charge in [-0.05, 0) is 32.1 Å². The van der Waals surface area contributed by atoms with Gasteiger partial charge in [-0.15, -0.1) is 0 Å². The van der Waals surface area contributed by atoms with Gasteiger partial charge in [0.15, 0.2) is 0 Å². The predicted molar refractivity (Wildman–Crippen MR) is 73.0 cm³/mol. The van der Waals surface area contributed by atoms with Crippen LogP contribution in [-0.4, -0.2) is 29.8 Å². The zero-order chi connectivity index (χ0) is 12.7. The third-order valence-electron chi connectivity index (χ3n) is 4.21. The molecule has 0 aromatic heterocycles. The summed E-state index contributed by atoms with van der Waals surface area (Å²) in [5.41, 5.74) is 5.98. The molecule has 0 saturated heterocycles. The SMILES string of the molecule is CCCCCC(C)(CN)NC1CCCC1CO. The normalized spacial score (nSPS) is 28.2. The smallest absolute Gasteiger partial charge is 0.0474 e. The third-order valence-corrected chi connectivity index (χ3v) is 4.21. The molecule has 4 N–H and O–H groups in total. The lowest BCUT2D eigenvalue weighted by atomic mass is 9.91. The lowest BCUT2D eigenvalue weighted by Gasteiger charge is -2.35. The maximum absolute atomic E-state index is 9.35. The number of hydrogen-bond donors (Lipinski definition) is 3. The fourth-order valence-electron chi connectivity index (χ4n) is 2.89. The summed E-state index contributed by atoms with van der Waals surface area (Å²) in [6, 6.07) is 0.468. The monoisotopic (exact) mass is 242 g/mol. The van der Waals surface area contributed by atoms with E-state index >= 15 is 0 Å². The van der Waals surface area contributed by atoms with Crippen molar-refractivity contribution < 1.29 is 5.11 Å².